The van der Waals surface area contributed by atoms with E-state index in [1.165, 1.54) is 5.69 Å². The Kier molecular flexibility index (Phi) is 5.51. The van der Waals surface area contributed by atoms with Gasteiger partial charge in [0.2, 0.25) is 0 Å². The molecule has 1 aliphatic heterocycles. The zero-order chi connectivity index (χ0) is 23.1. The van der Waals surface area contributed by atoms with Crippen LogP contribution in [0.1, 0.15) is 13.8 Å². The molecule has 0 radical (unpaired) electrons. The van der Waals surface area contributed by atoms with E-state index in [4.69, 9.17) is 5.73 Å². The summed E-state index contributed by atoms with van der Waals surface area (Å²) in [6, 6.07) is 14.4. The summed E-state index contributed by atoms with van der Waals surface area (Å²) in [5.74, 6) is 0. The van der Waals surface area contributed by atoms with Gasteiger partial charge in [-0.3, -0.25) is 0 Å². The van der Waals surface area contributed by atoms with Crippen molar-refractivity contribution >= 4 is 27.7 Å². The highest BCUT2D eigenvalue weighted by Gasteiger charge is 2.24. The second-order valence-corrected chi connectivity index (χ2v) is 9.51. The zero-order valence-electron chi connectivity index (χ0n) is 18.5. The Morgan fingerprint density at radius 2 is 1.67 bits per heavy atom. The van der Waals surface area contributed by atoms with E-state index in [1.807, 2.05) is 12.4 Å². The van der Waals surface area contributed by atoms with Gasteiger partial charge in [0.1, 0.15) is 0 Å². The third-order valence-electron chi connectivity index (χ3n) is 6.22. The van der Waals surface area contributed by atoms with Crippen LogP contribution in [0.3, 0.4) is 0 Å². The number of hydrogen-bond acceptors (Lipinski definition) is 7. The largest absolute Gasteiger partial charge is 0.398 e. The monoisotopic (exact) mass is 462 g/mol. The Labute approximate surface area is 194 Å². The average molecular weight is 463 g/mol. The number of nitrogen functional groups attached to an aromatic ring is 1. The lowest BCUT2D eigenvalue weighted by Gasteiger charge is -2.41. The summed E-state index contributed by atoms with van der Waals surface area (Å²) in [5, 5.41) is 7.91. The molecule has 3 N–H and O–H groups in total. The summed E-state index contributed by atoms with van der Waals surface area (Å²) in [6.07, 6.45) is 5.44. The van der Waals surface area contributed by atoms with Crippen molar-refractivity contribution in [1.82, 2.24) is 19.9 Å². The van der Waals surface area contributed by atoms with Crippen LogP contribution in [0.5, 0.6) is 0 Å². The molecule has 1 fully saturated rings. The van der Waals surface area contributed by atoms with Crippen molar-refractivity contribution in [3.63, 3.8) is 0 Å². The number of nitrogens with two attached hydrogens (primary N) is 1. The van der Waals surface area contributed by atoms with Crippen LogP contribution in [0.2, 0.25) is 0 Å². The number of nitrogens with zero attached hydrogens (tertiary/aromatic N) is 4. The summed E-state index contributed by atoms with van der Waals surface area (Å²) >= 11 is 0. The maximum Gasteiger partial charge on any atom is 0.170 e. The van der Waals surface area contributed by atoms with E-state index in [0.29, 0.717) is 23.3 Å². The van der Waals surface area contributed by atoms with Crippen molar-refractivity contribution in [3.05, 3.63) is 61.1 Å². The fourth-order valence-corrected chi connectivity index (χ4v) is 5.09. The molecule has 0 aliphatic carbocycles. The highest BCUT2D eigenvalue weighted by atomic mass is 32.2. The predicted molar refractivity (Wildman–Crippen MR) is 131 cm³/mol. The first-order chi connectivity index (χ1) is 15.9. The molecule has 5 rings (SSSR count). The summed E-state index contributed by atoms with van der Waals surface area (Å²) in [6.45, 7) is 6.44. The molecule has 2 atom stereocenters. The maximum absolute atomic E-state index is 11.5. The van der Waals surface area contributed by atoms with E-state index in [2.05, 4.69) is 58.4 Å². The summed E-state index contributed by atoms with van der Waals surface area (Å²) in [7, 11) is -2.78. The van der Waals surface area contributed by atoms with E-state index < -0.39 is 10.7 Å². The standard InChI is InChI=1S/C24H26N6O2S/c1-15-10-26-11-16(2)30(15)20-6-3-17(4-7-20)19-12-27-24-21(13-28-29(24)14-19)18-5-8-22(25)23(9-18)33(31)32/h3-9,12-16,26,33H,10-11,25H2,1-2H3/t15-,16+. The zero-order valence-corrected chi connectivity index (χ0v) is 19.4. The molecule has 170 valence electrons. The molecule has 33 heavy (non-hydrogen) atoms. The molecule has 1 saturated heterocycles. The van der Waals surface area contributed by atoms with E-state index in [0.717, 1.165) is 29.8 Å². The van der Waals surface area contributed by atoms with Crippen LogP contribution < -0.4 is 16.0 Å². The van der Waals surface area contributed by atoms with Gasteiger partial charge in [-0.25, -0.2) is 17.9 Å². The molecule has 1 aliphatic rings. The van der Waals surface area contributed by atoms with Gasteiger partial charge in [-0.15, -0.1) is 0 Å². The van der Waals surface area contributed by atoms with Crippen molar-refractivity contribution in [2.75, 3.05) is 23.7 Å². The molecule has 9 heteroatoms. The topological polar surface area (TPSA) is 106 Å². The third-order valence-corrected chi connectivity index (χ3v) is 7.00. The Hall–Kier alpha value is -3.43. The number of thiol groups is 1. The number of rotatable bonds is 4. The molecule has 8 nitrogen and oxygen atoms in total. The van der Waals surface area contributed by atoms with Gasteiger partial charge in [0.05, 0.1) is 16.8 Å². The van der Waals surface area contributed by atoms with Gasteiger partial charge in [0.25, 0.3) is 0 Å². The second kappa shape index (κ2) is 8.49. The predicted octanol–water partition coefficient (Wildman–Crippen LogP) is 2.80. The van der Waals surface area contributed by atoms with Crippen molar-refractivity contribution in [3.8, 4) is 22.3 Å². The highest BCUT2D eigenvalue weighted by Crippen LogP contribution is 2.30. The second-order valence-electron chi connectivity index (χ2n) is 8.51. The van der Waals surface area contributed by atoms with Crippen LogP contribution in [0.4, 0.5) is 11.4 Å². The number of hydrogen-bond donors (Lipinski definition) is 3. The minimum absolute atomic E-state index is 0.103. The first-order valence-corrected chi connectivity index (χ1v) is 12.1. The fraction of sp³-hybridized carbons (Fsp3) is 0.250. The molecule has 4 aromatic rings. The number of aromatic nitrogens is 3. The number of piperazine rings is 1. The van der Waals surface area contributed by atoms with E-state index in [-0.39, 0.29) is 10.6 Å². The first kappa shape index (κ1) is 21.4. The SMILES string of the molecule is C[C@@H]1CNC[C@H](C)N1c1ccc(-c2cnc3c(-c4ccc(N)c([SH](=O)=O)c4)cnn3c2)cc1. The van der Waals surface area contributed by atoms with Gasteiger partial charge in [-0.05, 0) is 49.2 Å². The van der Waals surface area contributed by atoms with Crippen molar-refractivity contribution < 1.29 is 8.42 Å². The smallest absolute Gasteiger partial charge is 0.170 e. The van der Waals surface area contributed by atoms with Gasteiger partial charge in [-0.2, -0.15) is 5.10 Å². The van der Waals surface area contributed by atoms with Gasteiger partial charge in [0, 0.05) is 54.4 Å². The van der Waals surface area contributed by atoms with Crippen LogP contribution in [0, 0.1) is 0 Å². The average Bonchev–Trinajstić information content (AvgIpc) is 3.23. The number of benzene rings is 2. The molecular weight excluding hydrogens is 436 g/mol. The van der Waals surface area contributed by atoms with Crippen LogP contribution in [-0.4, -0.2) is 48.2 Å². The molecule has 0 spiro atoms. The summed E-state index contributed by atoms with van der Waals surface area (Å²) in [5.41, 5.74) is 11.3. The number of anilines is 2. The molecule has 0 amide bonds. The molecule has 2 aromatic carbocycles. The molecule has 2 aromatic heterocycles. The van der Waals surface area contributed by atoms with E-state index >= 15 is 0 Å². The van der Waals surface area contributed by atoms with Gasteiger partial charge in [0.15, 0.2) is 16.4 Å². The minimum Gasteiger partial charge on any atom is -0.398 e. The van der Waals surface area contributed by atoms with Gasteiger partial charge in [-0.1, -0.05) is 18.2 Å². The van der Waals surface area contributed by atoms with Gasteiger partial charge >= 0.3 is 0 Å². The van der Waals surface area contributed by atoms with Crippen LogP contribution >= 0.6 is 0 Å². The first-order valence-electron chi connectivity index (χ1n) is 10.9. The molecular formula is C24H26N6O2S. The maximum atomic E-state index is 11.5. The summed E-state index contributed by atoms with van der Waals surface area (Å²) in [4.78, 5) is 7.19. The normalized spacial score (nSPS) is 18.8. The third kappa shape index (κ3) is 3.94. The Morgan fingerprint density at radius 1 is 0.970 bits per heavy atom. The van der Waals surface area contributed by atoms with E-state index in [1.54, 1.807) is 28.9 Å². The molecule has 3 heterocycles. The van der Waals surface area contributed by atoms with Crippen LogP contribution in [-0.2, 0) is 10.7 Å². The molecule has 0 saturated carbocycles. The van der Waals surface area contributed by atoms with Crippen LogP contribution in [0.25, 0.3) is 27.9 Å². The Balaban J connectivity index is 1.46. The quantitative estimate of drug-likeness (QED) is 0.316. The Morgan fingerprint density at radius 3 is 2.36 bits per heavy atom. The van der Waals surface area contributed by atoms with Gasteiger partial charge < -0.3 is 16.0 Å². The summed E-state index contributed by atoms with van der Waals surface area (Å²) < 4.78 is 24.7. The Bertz CT molecular complexity index is 1380. The van der Waals surface area contributed by atoms with Crippen molar-refractivity contribution in [1.29, 1.82) is 0 Å². The van der Waals surface area contributed by atoms with Crippen molar-refractivity contribution in [2.45, 2.75) is 30.8 Å². The lowest BCUT2D eigenvalue weighted by atomic mass is 10.0. The highest BCUT2D eigenvalue weighted by molar-refractivity contribution is 7.72. The molecule has 0 bridgehead atoms. The fourth-order valence-electron chi connectivity index (χ4n) is 4.56. The number of nitrogens with one attached hydrogen (secondary N) is 1. The van der Waals surface area contributed by atoms with E-state index in [9.17, 15) is 8.42 Å². The molecule has 0 unspecified atom stereocenters. The van der Waals surface area contributed by atoms with Crippen molar-refractivity contribution in [2.24, 2.45) is 0 Å². The van der Waals surface area contributed by atoms with Crippen LogP contribution in [0.15, 0.2) is 66.0 Å². The lowest BCUT2D eigenvalue weighted by molar-refractivity contribution is 0.432. The lowest BCUT2D eigenvalue weighted by Crippen LogP contribution is -2.55. The minimum atomic E-state index is -2.78. The number of fused-ring (bicyclic) bond motifs is 1.